The van der Waals surface area contributed by atoms with Crippen LogP contribution in [0.3, 0.4) is 0 Å². The van der Waals surface area contributed by atoms with Crippen molar-refractivity contribution in [3.05, 3.63) is 23.3 Å². The number of sulfonamides is 1. The SMILES string of the molecule is COc1cc(C)c(S(=O)(=O)N(C)CCOCC(=O)N(C)CC2CCC(N3CCC(C)CC3)C2)c(C)c1. The molecule has 36 heavy (non-hydrogen) atoms. The third kappa shape index (κ3) is 7.21. The summed E-state index contributed by atoms with van der Waals surface area (Å²) in [6.45, 7) is 9.34. The molecule has 8 nitrogen and oxygen atoms in total. The molecule has 1 aliphatic heterocycles. The van der Waals surface area contributed by atoms with Gasteiger partial charge in [-0.1, -0.05) is 6.92 Å². The lowest BCUT2D eigenvalue weighted by Gasteiger charge is -2.35. The van der Waals surface area contributed by atoms with Gasteiger partial charge in [-0.25, -0.2) is 8.42 Å². The van der Waals surface area contributed by atoms with Crippen LogP contribution in [0.1, 0.15) is 50.2 Å². The number of hydrogen-bond donors (Lipinski definition) is 0. The number of hydrogen-bond acceptors (Lipinski definition) is 6. The van der Waals surface area contributed by atoms with E-state index in [1.807, 2.05) is 7.05 Å². The van der Waals surface area contributed by atoms with E-state index in [0.717, 1.165) is 12.5 Å². The number of likely N-dealkylation sites (tertiary alicyclic amines) is 1. The zero-order valence-corrected chi connectivity index (χ0v) is 23.8. The maximum Gasteiger partial charge on any atom is 0.248 e. The molecule has 0 aromatic heterocycles. The fraction of sp³-hybridized carbons (Fsp3) is 0.741. The Morgan fingerprint density at radius 1 is 1.08 bits per heavy atom. The van der Waals surface area contributed by atoms with E-state index < -0.39 is 10.0 Å². The molecular formula is C27H45N3O5S. The topological polar surface area (TPSA) is 79.4 Å². The molecule has 1 aliphatic carbocycles. The molecule has 2 unspecified atom stereocenters. The lowest BCUT2D eigenvalue weighted by atomic mass is 9.97. The summed E-state index contributed by atoms with van der Waals surface area (Å²) in [5.74, 6) is 1.96. The Balaban J connectivity index is 1.40. The highest BCUT2D eigenvalue weighted by Gasteiger charge is 2.32. The van der Waals surface area contributed by atoms with Gasteiger partial charge in [-0.05, 0) is 94.1 Å². The van der Waals surface area contributed by atoms with Gasteiger partial charge in [0, 0.05) is 33.2 Å². The number of rotatable bonds is 11. The van der Waals surface area contributed by atoms with Crippen LogP contribution in [0, 0.1) is 25.7 Å². The molecule has 1 amide bonds. The van der Waals surface area contributed by atoms with E-state index in [1.165, 1.54) is 56.5 Å². The first-order valence-corrected chi connectivity index (χ1v) is 14.6. The lowest BCUT2D eigenvalue weighted by molar-refractivity contribution is -0.135. The molecule has 2 atom stereocenters. The first kappa shape index (κ1) is 28.9. The molecule has 9 heteroatoms. The molecule has 0 bridgehead atoms. The predicted molar refractivity (Wildman–Crippen MR) is 142 cm³/mol. The number of piperidine rings is 1. The quantitative estimate of drug-likeness (QED) is 0.414. The number of ether oxygens (including phenoxy) is 2. The number of carbonyl (C=O) groups excluding carboxylic acids is 1. The van der Waals surface area contributed by atoms with Crippen molar-refractivity contribution >= 4 is 15.9 Å². The summed E-state index contributed by atoms with van der Waals surface area (Å²) >= 11 is 0. The van der Waals surface area contributed by atoms with Crippen molar-refractivity contribution in [1.82, 2.24) is 14.1 Å². The first-order valence-electron chi connectivity index (χ1n) is 13.2. The highest BCUT2D eigenvalue weighted by Crippen LogP contribution is 2.32. The van der Waals surface area contributed by atoms with E-state index in [1.54, 1.807) is 38.0 Å². The third-order valence-corrected chi connectivity index (χ3v) is 10.1. The molecule has 0 spiro atoms. The molecule has 1 saturated heterocycles. The standard InChI is InChI=1S/C27H45N3O5S/c1-20-9-11-30(12-10-20)24-8-7-23(17-24)18-28(4)26(31)19-35-14-13-29(5)36(32,33)27-21(2)15-25(34-6)16-22(27)3/h15-16,20,23-24H,7-14,17-19H2,1-6H3. The summed E-state index contributed by atoms with van der Waals surface area (Å²) in [5.41, 5.74) is 1.28. The Bertz CT molecular complexity index is 968. The third-order valence-electron chi connectivity index (χ3n) is 7.92. The van der Waals surface area contributed by atoms with Crippen LogP contribution in [-0.4, -0.2) is 95.1 Å². The van der Waals surface area contributed by atoms with Crippen LogP contribution in [0.4, 0.5) is 0 Å². The van der Waals surface area contributed by atoms with Crippen molar-refractivity contribution in [1.29, 1.82) is 0 Å². The van der Waals surface area contributed by atoms with Gasteiger partial charge in [0.1, 0.15) is 12.4 Å². The van der Waals surface area contributed by atoms with Crippen molar-refractivity contribution in [2.75, 3.05) is 60.6 Å². The summed E-state index contributed by atoms with van der Waals surface area (Å²) < 4.78 is 38.3. The van der Waals surface area contributed by atoms with Gasteiger partial charge in [-0.3, -0.25) is 4.79 Å². The Morgan fingerprint density at radius 3 is 2.33 bits per heavy atom. The molecule has 1 aromatic carbocycles. The molecule has 0 radical (unpaired) electrons. The van der Waals surface area contributed by atoms with Crippen molar-refractivity contribution < 1.29 is 22.7 Å². The van der Waals surface area contributed by atoms with Crippen LogP contribution in [-0.2, 0) is 19.6 Å². The summed E-state index contributed by atoms with van der Waals surface area (Å²) in [7, 11) is 1.26. The molecule has 1 aromatic rings. The molecule has 1 saturated carbocycles. The van der Waals surface area contributed by atoms with E-state index in [2.05, 4.69) is 11.8 Å². The van der Waals surface area contributed by atoms with Crippen LogP contribution < -0.4 is 4.74 Å². The Hall–Kier alpha value is -1.68. The molecule has 3 rings (SSSR count). The largest absolute Gasteiger partial charge is 0.497 e. The second-order valence-electron chi connectivity index (χ2n) is 10.8. The van der Waals surface area contributed by atoms with Gasteiger partial charge in [0.25, 0.3) is 0 Å². The van der Waals surface area contributed by atoms with Crippen molar-refractivity contribution in [2.24, 2.45) is 11.8 Å². The van der Waals surface area contributed by atoms with Gasteiger partial charge in [-0.2, -0.15) is 4.31 Å². The van der Waals surface area contributed by atoms with Crippen molar-refractivity contribution in [3.63, 3.8) is 0 Å². The fourth-order valence-corrected chi connectivity index (χ4v) is 7.16. The van der Waals surface area contributed by atoms with Gasteiger partial charge < -0.3 is 19.3 Å². The second kappa shape index (κ2) is 12.7. The van der Waals surface area contributed by atoms with E-state index in [4.69, 9.17) is 9.47 Å². The lowest BCUT2D eigenvalue weighted by Crippen LogP contribution is -2.40. The molecule has 0 N–H and O–H groups in total. The summed E-state index contributed by atoms with van der Waals surface area (Å²) in [4.78, 5) is 17.3. The van der Waals surface area contributed by atoms with Gasteiger partial charge in [0.05, 0.1) is 18.6 Å². The van der Waals surface area contributed by atoms with E-state index in [0.29, 0.717) is 28.8 Å². The maximum atomic E-state index is 13.1. The van der Waals surface area contributed by atoms with E-state index >= 15 is 0 Å². The summed E-state index contributed by atoms with van der Waals surface area (Å²) in [5, 5.41) is 0. The van der Waals surface area contributed by atoms with Crippen molar-refractivity contribution in [3.8, 4) is 5.75 Å². The number of likely N-dealkylation sites (N-methyl/N-ethyl adjacent to an activating group) is 2. The predicted octanol–water partition coefficient (Wildman–Crippen LogP) is 3.31. The number of nitrogens with zero attached hydrogens (tertiary/aromatic N) is 3. The van der Waals surface area contributed by atoms with Crippen LogP contribution >= 0.6 is 0 Å². The van der Waals surface area contributed by atoms with Crippen LogP contribution in [0.15, 0.2) is 17.0 Å². The number of benzene rings is 1. The zero-order chi connectivity index (χ0) is 26.5. The van der Waals surface area contributed by atoms with Gasteiger partial charge >= 0.3 is 0 Å². The van der Waals surface area contributed by atoms with Gasteiger partial charge in [0.2, 0.25) is 15.9 Å². The van der Waals surface area contributed by atoms with E-state index in [9.17, 15) is 13.2 Å². The monoisotopic (exact) mass is 523 g/mol. The fourth-order valence-electron chi connectivity index (χ4n) is 5.60. The number of carbonyl (C=O) groups is 1. The highest BCUT2D eigenvalue weighted by atomic mass is 32.2. The summed E-state index contributed by atoms with van der Waals surface area (Å²) in [6.07, 6.45) is 6.16. The average molecular weight is 524 g/mol. The number of amides is 1. The Labute approximate surface area is 218 Å². The van der Waals surface area contributed by atoms with Gasteiger partial charge in [-0.15, -0.1) is 0 Å². The normalized spacial score (nSPS) is 21.8. The van der Waals surface area contributed by atoms with Gasteiger partial charge in [0.15, 0.2) is 0 Å². The minimum atomic E-state index is -3.68. The smallest absolute Gasteiger partial charge is 0.248 e. The van der Waals surface area contributed by atoms with Crippen molar-refractivity contribution in [2.45, 2.75) is 63.8 Å². The minimum Gasteiger partial charge on any atom is -0.497 e. The molecule has 2 aliphatic rings. The number of aryl methyl sites for hydroxylation is 2. The Kier molecular flexibility index (Phi) is 10.2. The Morgan fingerprint density at radius 2 is 1.72 bits per heavy atom. The molecule has 1 heterocycles. The average Bonchev–Trinajstić information content (AvgIpc) is 3.29. The number of methoxy groups -OCH3 is 1. The van der Waals surface area contributed by atoms with Crippen LogP contribution in [0.25, 0.3) is 0 Å². The molecular weight excluding hydrogens is 478 g/mol. The zero-order valence-electron chi connectivity index (χ0n) is 23.0. The summed E-state index contributed by atoms with van der Waals surface area (Å²) in [6, 6.07) is 4.11. The first-order chi connectivity index (χ1) is 17.0. The van der Waals surface area contributed by atoms with Crippen LogP contribution in [0.2, 0.25) is 0 Å². The highest BCUT2D eigenvalue weighted by molar-refractivity contribution is 7.89. The molecule has 2 fully saturated rings. The molecule has 204 valence electrons. The maximum absolute atomic E-state index is 13.1. The minimum absolute atomic E-state index is 0.0366. The second-order valence-corrected chi connectivity index (χ2v) is 12.8. The van der Waals surface area contributed by atoms with Crippen LogP contribution in [0.5, 0.6) is 5.75 Å². The van der Waals surface area contributed by atoms with E-state index in [-0.39, 0.29) is 30.6 Å².